The van der Waals surface area contributed by atoms with E-state index in [0.717, 1.165) is 69.9 Å². The van der Waals surface area contributed by atoms with Gasteiger partial charge in [0.25, 0.3) is 5.56 Å². The molecule has 3 aromatic rings. The standard InChI is InChI=1S/C30H38N6O5/c1-3-21-16-22(7-6-20(21)2)31-26-18-28(38)35(30(41)32-26)11-5-4-10-33-12-14-34(15-13-33)27-17-25(37)24(29(39)40)19-36(27)23-8-9-23/h6-7,16-19,23,31H,3-5,8-15H2,1-2H3,(H,32,41)(H,39,40). The smallest absolute Gasteiger partial charge is 0.341 e. The molecule has 218 valence electrons. The zero-order chi connectivity index (χ0) is 29.1. The number of hydrogen-bond acceptors (Lipinski definition) is 7. The molecule has 1 aromatic carbocycles. The molecule has 1 saturated heterocycles. The van der Waals surface area contributed by atoms with Gasteiger partial charge in [-0.1, -0.05) is 13.0 Å². The zero-order valence-corrected chi connectivity index (χ0v) is 23.7. The fraction of sp³-hybridized carbons (Fsp3) is 0.467. The van der Waals surface area contributed by atoms with Crippen LogP contribution in [0.3, 0.4) is 0 Å². The number of anilines is 3. The van der Waals surface area contributed by atoms with Crippen LogP contribution in [0.1, 0.15) is 60.1 Å². The van der Waals surface area contributed by atoms with E-state index in [1.807, 2.05) is 22.8 Å². The largest absolute Gasteiger partial charge is 0.477 e. The first kappa shape index (κ1) is 28.4. The summed E-state index contributed by atoms with van der Waals surface area (Å²) in [5.74, 6) is -0.0120. The van der Waals surface area contributed by atoms with E-state index < -0.39 is 17.1 Å². The number of hydrogen-bond donors (Lipinski definition) is 3. The van der Waals surface area contributed by atoms with E-state index in [4.69, 9.17) is 0 Å². The number of nitrogens with one attached hydrogen (secondary N) is 2. The van der Waals surface area contributed by atoms with Crippen LogP contribution < -0.4 is 26.9 Å². The number of piperazine rings is 1. The normalized spacial score (nSPS) is 15.7. The number of carboxylic acids is 1. The molecule has 0 amide bonds. The highest BCUT2D eigenvalue weighted by atomic mass is 16.4. The second kappa shape index (κ2) is 12.2. The summed E-state index contributed by atoms with van der Waals surface area (Å²) < 4.78 is 3.20. The summed E-state index contributed by atoms with van der Waals surface area (Å²) in [4.78, 5) is 56.4. The van der Waals surface area contributed by atoms with Gasteiger partial charge in [0.15, 0.2) is 5.43 Å². The number of carboxylic acid groups (broad SMARTS) is 1. The highest BCUT2D eigenvalue weighted by molar-refractivity contribution is 5.87. The van der Waals surface area contributed by atoms with Gasteiger partial charge in [0.2, 0.25) is 0 Å². The van der Waals surface area contributed by atoms with Crippen molar-refractivity contribution >= 4 is 23.3 Å². The van der Waals surface area contributed by atoms with Crippen molar-refractivity contribution in [2.24, 2.45) is 0 Å². The van der Waals surface area contributed by atoms with Crippen molar-refractivity contribution in [3.63, 3.8) is 0 Å². The zero-order valence-electron chi connectivity index (χ0n) is 23.7. The number of aromatic carboxylic acids is 1. The summed E-state index contributed by atoms with van der Waals surface area (Å²) in [6, 6.07) is 9.13. The van der Waals surface area contributed by atoms with Crippen LogP contribution in [0, 0.1) is 6.92 Å². The van der Waals surface area contributed by atoms with Crippen LogP contribution in [-0.4, -0.2) is 62.8 Å². The maximum atomic E-state index is 12.7. The Bertz CT molecular complexity index is 1560. The molecule has 0 radical (unpaired) electrons. The second-order valence-electron chi connectivity index (χ2n) is 11.0. The molecule has 2 aromatic heterocycles. The molecule has 1 aliphatic carbocycles. The number of unbranched alkanes of at least 4 members (excludes halogenated alkanes) is 1. The predicted molar refractivity (Wildman–Crippen MR) is 159 cm³/mol. The predicted octanol–water partition coefficient (Wildman–Crippen LogP) is 2.95. The molecule has 0 bridgehead atoms. The number of aryl methyl sites for hydroxylation is 2. The van der Waals surface area contributed by atoms with E-state index in [1.54, 1.807) is 0 Å². The molecule has 5 rings (SSSR count). The van der Waals surface area contributed by atoms with Crippen LogP contribution >= 0.6 is 0 Å². The van der Waals surface area contributed by atoms with Crippen LogP contribution in [0.2, 0.25) is 0 Å². The van der Waals surface area contributed by atoms with Crippen LogP contribution in [0.25, 0.3) is 0 Å². The Kier molecular flexibility index (Phi) is 8.44. The van der Waals surface area contributed by atoms with Crippen molar-refractivity contribution in [2.75, 3.05) is 42.9 Å². The number of rotatable bonds is 11. The Morgan fingerprint density at radius 1 is 1.02 bits per heavy atom. The van der Waals surface area contributed by atoms with Crippen molar-refractivity contribution in [1.82, 2.24) is 19.0 Å². The van der Waals surface area contributed by atoms with E-state index in [1.165, 1.54) is 34.0 Å². The number of carbonyl (C=O) groups is 1. The monoisotopic (exact) mass is 562 g/mol. The summed E-state index contributed by atoms with van der Waals surface area (Å²) >= 11 is 0. The molecule has 0 atom stereocenters. The lowest BCUT2D eigenvalue weighted by atomic mass is 10.1. The van der Waals surface area contributed by atoms with Crippen LogP contribution in [0.4, 0.5) is 17.3 Å². The number of nitrogens with zero attached hydrogens (tertiary/aromatic N) is 4. The van der Waals surface area contributed by atoms with Crippen LogP contribution in [-0.2, 0) is 13.0 Å². The molecule has 0 spiro atoms. The lowest BCUT2D eigenvalue weighted by Gasteiger charge is -2.37. The third-order valence-corrected chi connectivity index (χ3v) is 8.06. The maximum Gasteiger partial charge on any atom is 0.341 e. The Morgan fingerprint density at radius 3 is 2.41 bits per heavy atom. The third kappa shape index (κ3) is 6.62. The molecule has 2 fully saturated rings. The van der Waals surface area contributed by atoms with Gasteiger partial charge in [0, 0.05) is 62.8 Å². The van der Waals surface area contributed by atoms with Gasteiger partial charge in [-0.3, -0.25) is 24.0 Å². The van der Waals surface area contributed by atoms with Crippen molar-refractivity contribution in [1.29, 1.82) is 0 Å². The number of H-pyrrole nitrogens is 1. The quantitative estimate of drug-likeness (QED) is 0.304. The van der Waals surface area contributed by atoms with Gasteiger partial charge in [0.1, 0.15) is 17.2 Å². The fourth-order valence-corrected chi connectivity index (χ4v) is 5.49. The van der Waals surface area contributed by atoms with Gasteiger partial charge < -0.3 is 19.9 Å². The Labute approximate surface area is 238 Å². The van der Waals surface area contributed by atoms with Gasteiger partial charge in [0.05, 0.1) is 0 Å². The topological polar surface area (TPSA) is 133 Å². The summed E-state index contributed by atoms with van der Waals surface area (Å²) in [6.45, 7) is 8.47. The second-order valence-corrected chi connectivity index (χ2v) is 11.0. The Morgan fingerprint density at radius 2 is 1.76 bits per heavy atom. The van der Waals surface area contributed by atoms with E-state index >= 15 is 0 Å². The van der Waals surface area contributed by atoms with Crippen molar-refractivity contribution in [2.45, 2.75) is 58.5 Å². The molecule has 3 N–H and O–H groups in total. The third-order valence-electron chi connectivity index (χ3n) is 8.06. The molecular weight excluding hydrogens is 524 g/mol. The van der Waals surface area contributed by atoms with Crippen LogP contribution in [0.15, 0.2) is 50.9 Å². The molecule has 11 nitrogen and oxygen atoms in total. The fourth-order valence-electron chi connectivity index (χ4n) is 5.49. The van der Waals surface area contributed by atoms with Gasteiger partial charge in [-0.05, 0) is 68.8 Å². The summed E-state index contributed by atoms with van der Waals surface area (Å²) in [5, 5.41) is 12.5. The molecule has 41 heavy (non-hydrogen) atoms. The minimum atomic E-state index is -1.19. The van der Waals surface area contributed by atoms with E-state index in [9.17, 15) is 24.3 Å². The molecule has 3 heterocycles. The highest BCUT2D eigenvalue weighted by Gasteiger charge is 2.29. The molecule has 1 saturated carbocycles. The first-order chi connectivity index (χ1) is 19.7. The van der Waals surface area contributed by atoms with Gasteiger partial charge in [-0.15, -0.1) is 0 Å². The SMILES string of the molecule is CCc1cc(Nc2cc(=O)n(CCCCN3CCN(c4cc(=O)c(C(=O)O)cn4C4CC4)CC3)c(=O)[nH]2)ccc1C. The summed E-state index contributed by atoms with van der Waals surface area (Å²) in [7, 11) is 0. The minimum absolute atomic E-state index is 0.181. The van der Waals surface area contributed by atoms with E-state index in [2.05, 4.69) is 33.9 Å². The number of aromatic amines is 1. The van der Waals surface area contributed by atoms with Gasteiger partial charge >= 0.3 is 11.7 Å². The first-order valence-corrected chi connectivity index (χ1v) is 14.4. The lowest BCUT2D eigenvalue weighted by molar-refractivity contribution is 0.0694. The van der Waals surface area contributed by atoms with Gasteiger partial charge in [-0.25, -0.2) is 9.59 Å². The first-order valence-electron chi connectivity index (χ1n) is 14.4. The number of aromatic nitrogens is 3. The number of benzene rings is 1. The Balaban J connectivity index is 1.12. The Hall–Kier alpha value is -4.12. The summed E-state index contributed by atoms with van der Waals surface area (Å²) in [6.07, 6.45) is 5.93. The average Bonchev–Trinajstić information content (AvgIpc) is 3.79. The van der Waals surface area contributed by atoms with Crippen molar-refractivity contribution in [3.8, 4) is 0 Å². The highest BCUT2D eigenvalue weighted by Crippen LogP contribution is 2.38. The minimum Gasteiger partial charge on any atom is -0.477 e. The molecule has 2 aliphatic rings. The average molecular weight is 563 g/mol. The maximum absolute atomic E-state index is 12.7. The molecule has 11 heteroatoms. The van der Waals surface area contributed by atoms with Crippen molar-refractivity contribution in [3.05, 3.63) is 84.3 Å². The van der Waals surface area contributed by atoms with E-state index in [0.29, 0.717) is 18.8 Å². The van der Waals surface area contributed by atoms with Crippen LogP contribution in [0.5, 0.6) is 0 Å². The molecular formula is C30H38N6O5. The molecule has 0 unspecified atom stereocenters. The lowest BCUT2D eigenvalue weighted by Crippen LogP contribution is -2.47. The van der Waals surface area contributed by atoms with Crippen molar-refractivity contribution < 1.29 is 9.90 Å². The summed E-state index contributed by atoms with van der Waals surface area (Å²) in [5.41, 5.74) is 1.85. The van der Waals surface area contributed by atoms with Gasteiger partial charge in [-0.2, -0.15) is 0 Å². The van der Waals surface area contributed by atoms with E-state index in [-0.39, 0.29) is 17.2 Å². The number of pyridine rings is 1. The molecule has 1 aliphatic heterocycles.